The van der Waals surface area contributed by atoms with Gasteiger partial charge < -0.3 is 10.1 Å². The molecule has 1 N–H and O–H groups in total. The summed E-state index contributed by atoms with van der Waals surface area (Å²) >= 11 is 0. The van der Waals surface area contributed by atoms with E-state index in [1.807, 2.05) is 12.1 Å². The van der Waals surface area contributed by atoms with Crippen molar-refractivity contribution in [1.82, 2.24) is 4.98 Å². The minimum Gasteiger partial charge on any atom is -0.489 e. The number of pyridine rings is 1. The van der Waals surface area contributed by atoms with E-state index in [2.05, 4.69) is 10.3 Å². The Balaban J connectivity index is 1.62. The number of aromatic nitrogens is 1. The van der Waals surface area contributed by atoms with Crippen LogP contribution < -0.4 is 10.1 Å². The highest BCUT2D eigenvalue weighted by Gasteiger charge is 2.06. The van der Waals surface area contributed by atoms with Crippen LogP contribution in [0.2, 0.25) is 0 Å². The first kappa shape index (κ1) is 18.3. The van der Waals surface area contributed by atoms with E-state index < -0.39 is 17.5 Å². The number of benzene rings is 2. The first-order valence-electron chi connectivity index (χ1n) is 8.16. The molecular formula is C21H16F2N2O2. The molecule has 0 bridgehead atoms. The summed E-state index contributed by atoms with van der Waals surface area (Å²) in [4.78, 5) is 16.0. The topological polar surface area (TPSA) is 51.2 Å². The summed E-state index contributed by atoms with van der Waals surface area (Å²) in [7, 11) is 0. The highest BCUT2D eigenvalue weighted by molar-refractivity contribution is 6.02. The molecule has 0 aliphatic rings. The predicted octanol–water partition coefficient (Wildman–Crippen LogP) is 4.59. The normalized spacial score (nSPS) is 10.7. The lowest BCUT2D eigenvalue weighted by atomic mass is 10.2. The van der Waals surface area contributed by atoms with E-state index in [0.29, 0.717) is 18.0 Å². The van der Waals surface area contributed by atoms with Gasteiger partial charge in [0.1, 0.15) is 24.0 Å². The van der Waals surface area contributed by atoms with Crippen LogP contribution in [0.25, 0.3) is 6.08 Å². The summed E-state index contributed by atoms with van der Waals surface area (Å²) in [5.41, 5.74) is 1.16. The zero-order valence-electron chi connectivity index (χ0n) is 14.2. The van der Waals surface area contributed by atoms with Gasteiger partial charge in [0, 0.05) is 41.4 Å². The van der Waals surface area contributed by atoms with Gasteiger partial charge in [-0.1, -0.05) is 18.2 Å². The third-order valence-electron chi connectivity index (χ3n) is 3.63. The van der Waals surface area contributed by atoms with Crippen LogP contribution in [-0.2, 0) is 11.4 Å². The van der Waals surface area contributed by atoms with E-state index >= 15 is 0 Å². The maximum Gasteiger partial charge on any atom is 0.248 e. The maximum absolute atomic E-state index is 13.6. The second kappa shape index (κ2) is 8.71. The number of carbonyl (C=O) groups excluding carboxylic acids is 1. The molecule has 0 aliphatic heterocycles. The number of ether oxygens (including phenoxy) is 1. The van der Waals surface area contributed by atoms with Crippen molar-refractivity contribution in [3.05, 3.63) is 95.8 Å². The Bertz CT molecular complexity index is 939. The van der Waals surface area contributed by atoms with Crippen LogP contribution in [0.3, 0.4) is 0 Å². The molecule has 1 heterocycles. The number of rotatable bonds is 6. The SMILES string of the molecule is O=C(/C=C/c1c(F)cccc1F)Nc1cccc(OCc2cccnc2)c1. The van der Waals surface area contributed by atoms with Crippen molar-refractivity contribution in [1.29, 1.82) is 0 Å². The lowest BCUT2D eigenvalue weighted by Crippen LogP contribution is -2.08. The molecule has 6 heteroatoms. The Morgan fingerprint density at radius 2 is 1.85 bits per heavy atom. The van der Waals surface area contributed by atoms with Crippen LogP contribution in [0.1, 0.15) is 11.1 Å². The van der Waals surface area contributed by atoms with Gasteiger partial charge in [0.25, 0.3) is 0 Å². The summed E-state index contributed by atoms with van der Waals surface area (Å²) < 4.78 is 32.8. The van der Waals surface area contributed by atoms with E-state index in [1.165, 1.54) is 6.07 Å². The molecule has 0 saturated carbocycles. The highest BCUT2D eigenvalue weighted by atomic mass is 19.1. The molecule has 0 radical (unpaired) electrons. The number of anilines is 1. The molecule has 0 fully saturated rings. The lowest BCUT2D eigenvalue weighted by Gasteiger charge is -2.08. The van der Waals surface area contributed by atoms with Crippen molar-refractivity contribution < 1.29 is 18.3 Å². The molecule has 1 aromatic heterocycles. The summed E-state index contributed by atoms with van der Waals surface area (Å²) in [5, 5.41) is 2.63. The molecule has 0 spiro atoms. The van der Waals surface area contributed by atoms with Crippen molar-refractivity contribution in [3.63, 3.8) is 0 Å². The number of nitrogens with zero attached hydrogens (tertiary/aromatic N) is 1. The second-order valence-corrected chi connectivity index (χ2v) is 5.64. The summed E-state index contributed by atoms with van der Waals surface area (Å²) in [6, 6.07) is 14.1. The fourth-order valence-electron chi connectivity index (χ4n) is 2.33. The van der Waals surface area contributed by atoms with Crippen molar-refractivity contribution >= 4 is 17.7 Å². The van der Waals surface area contributed by atoms with E-state index in [0.717, 1.165) is 29.8 Å². The van der Waals surface area contributed by atoms with Gasteiger partial charge in [0.05, 0.1) is 0 Å². The molecule has 1 amide bonds. The number of amides is 1. The molecule has 3 aromatic rings. The van der Waals surface area contributed by atoms with E-state index in [-0.39, 0.29) is 5.56 Å². The van der Waals surface area contributed by atoms with Gasteiger partial charge in [0.15, 0.2) is 0 Å². The van der Waals surface area contributed by atoms with E-state index in [9.17, 15) is 13.6 Å². The highest BCUT2D eigenvalue weighted by Crippen LogP contribution is 2.19. The van der Waals surface area contributed by atoms with Crippen molar-refractivity contribution in [3.8, 4) is 5.75 Å². The summed E-state index contributed by atoms with van der Waals surface area (Å²) in [6.45, 7) is 0.345. The first-order valence-corrected chi connectivity index (χ1v) is 8.16. The lowest BCUT2D eigenvalue weighted by molar-refractivity contribution is -0.111. The van der Waals surface area contributed by atoms with Crippen LogP contribution in [0.5, 0.6) is 5.75 Å². The number of hydrogen-bond acceptors (Lipinski definition) is 3. The van der Waals surface area contributed by atoms with Gasteiger partial charge in [-0.3, -0.25) is 9.78 Å². The number of hydrogen-bond donors (Lipinski definition) is 1. The van der Waals surface area contributed by atoms with Crippen LogP contribution in [-0.4, -0.2) is 10.9 Å². The first-order chi connectivity index (χ1) is 13.1. The summed E-state index contributed by atoms with van der Waals surface area (Å²) in [5.74, 6) is -1.41. The molecule has 2 aromatic carbocycles. The van der Waals surface area contributed by atoms with Crippen molar-refractivity contribution in [2.75, 3.05) is 5.32 Å². The van der Waals surface area contributed by atoms with Gasteiger partial charge >= 0.3 is 0 Å². The monoisotopic (exact) mass is 366 g/mol. The molecule has 0 aliphatic carbocycles. The largest absolute Gasteiger partial charge is 0.489 e. The van der Waals surface area contributed by atoms with Crippen LogP contribution in [0.15, 0.2) is 73.1 Å². The maximum atomic E-state index is 13.6. The van der Waals surface area contributed by atoms with Gasteiger partial charge in [-0.05, 0) is 36.4 Å². The zero-order valence-corrected chi connectivity index (χ0v) is 14.2. The Hall–Kier alpha value is -3.54. The molecule has 136 valence electrons. The van der Waals surface area contributed by atoms with Crippen LogP contribution >= 0.6 is 0 Å². The zero-order chi connectivity index (χ0) is 19.1. The molecule has 0 atom stereocenters. The predicted molar refractivity (Wildman–Crippen MR) is 99.0 cm³/mol. The van der Waals surface area contributed by atoms with Crippen molar-refractivity contribution in [2.45, 2.75) is 6.61 Å². The average Bonchev–Trinajstić information content (AvgIpc) is 2.67. The number of halogens is 2. The van der Waals surface area contributed by atoms with Gasteiger partial charge in [0.2, 0.25) is 5.91 Å². The molecule has 0 unspecified atom stereocenters. The van der Waals surface area contributed by atoms with E-state index in [1.54, 1.807) is 36.7 Å². The number of carbonyl (C=O) groups is 1. The van der Waals surface area contributed by atoms with Crippen LogP contribution in [0.4, 0.5) is 14.5 Å². The van der Waals surface area contributed by atoms with Gasteiger partial charge in [-0.2, -0.15) is 0 Å². The molecule has 27 heavy (non-hydrogen) atoms. The summed E-state index contributed by atoms with van der Waals surface area (Å²) in [6.07, 6.45) is 5.56. The Kier molecular flexibility index (Phi) is 5.89. The van der Waals surface area contributed by atoms with Crippen LogP contribution in [0, 0.1) is 11.6 Å². The van der Waals surface area contributed by atoms with Gasteiger partial charge in [-0.25, -0.2) is 8.78 Å². The average molecular weight is 366 g/mol. The minimum atomic E-state index is -0.732. The molecule has 4 nitrogen and oxygen atoms in total. The Morgan fingerprint density at radius 1 is 1.07 bits per heavy atom. The quantitative estimate of drug-likeness (QED) is 0.649. The fourth-order valence-corrected chi connectivity index (χ4v) is 2.33. The number of nitrogens with one attached hydrogen (secondary N) is 1. The molecule has 3 rings (SSSR count). The Morgan fingerprint density at radius 3 is 2.59 bits per heavy atom. The fraction of sp³-hybridized carbons (Fsp3) is 0.0476. The minimum absolute atomic E-state index is 0.263. The molecule has 0 saturated heterocycles. The third kappa shape index (κ3) is 5.22. The van der Waals surface area contributed by atoms with Gasteiger partial charge in [-0.15, -0.1) is 0 Å². The smallest absolute Gasteiger partial charge is 0.248 e. The molecular weight excluding hydrogens is 350 g/mol. The second-order valence-electron chi connectivity index (χ2n) is 5.64. The van der Waals surface area contributed by atoms with E-state index in [4.69, 9.17) is 4.74 Å². The third-order valence-corrected chi connectivity index (χ3v) is 3.63. The van der Waals surface area contributed by atoms with Crippen molar-refractivity contribution in [2.24, 2.45) is 0 Å². The standard InChI is InChI=1S/C21H16F2N2O2/c22-19-7-2-8-20(23)18(19)9-10-21(26)25-16-5-1-6-17(12-16)27-14-15-4-3-11-24-13-15/h1-13H,14H2,(H,25,26)/b10-9+. The Labute approximate surface area is 155 Å².